The zero-order valence-corrected chi connectivity index (χ0v) is 12.0. The molecule has 0 saturated heterocycles. The number of halogens is 2. The first-order chi connectivity index (χ1) is 8.47. The second kappa shape index (κ2) is 6.66. The summed E-state index contributed by atoms with van der Waals surface area (Å²) in [6.07, 6.45) is 2.54. The van der Waals surface area contributed by atoms with E-state index in [-0.39, 0.29) is 5.75 Å². The molecule has 0 unspecified atom stereocenters. The van der Waals surface area contributed by atoms with Crippen molar-refractivity contribution in [1.29, 1.82) is 0 Å². The van der Waals surface area contributed by atoms with Gasteiger partial charge < -0.3 is 15.2 Å². The highest BCUT2D eigenvalue weighted by atomic mass is 79.9. The van der Waals surface area contributed by atoms with Crippen molar-refractivity contribution in [1.82, 2.24) is 4.98 Å². The largest absolute Gasteiger partial charge is 0.506 e. The van der Waals surface area contributed by atoms with E-state index in [2.05, 4.69) is 20.9 Å². The minimum absolute atomic E-state index is 0.177. The quantitative estimate of drug-likeness (QED) is 0.772. The summed E-state index contributed by atoms with van der Waals surface area (Å²) in [5.41, 5.74) is 0.834. The Morgan fingerprint density at radius 3 is 2.67 bits per heavy atom. The van der Waals surface area contributed by atoms with Crippen LogP contribution in [-0.2, 0) is 4.79 Å². The Morgan fingerprint density at radius 2 is 2.17 bits per heavy atom. The predicted molar refractivity (Wildman–Crippen MR) is 75.2 cm³/mol. The van der Waals surface area contributed by atoms with Gasteiger partial charge in [-0.3, -0.25) is 4.79 Å². The van der Waals surface area contributed by atoms with Crippen molar-refractivity contribution < 1.29 is 15.0 Å². The molecule has 0 atom stereocenters. The van der Waals surface area contributed by atoms with Crippen LogP contribution in [0.25, 0.3) is 10.9 Å². The van der Waals surface area contributed by atoms with Crippen LogP contribution in [0.4, 0.5) is 0 Å². The summed E-state index contributed by atoms with van der Waals surface area (Å²) in [6.45, 7) is 1.84. The topological polar surface area (TPSA) is 73.3 Å². The molecule has 0 aliphatic heterocycles. The van der Waals surface area contributed by atoms with Crippen LogP contribution >= 0.6 is 27.5 Å². The summed E-state index contributed by atoms with van der Waals surface area (Å²) in [4.78, 5) is 12.5. The normalized spacial score (nSPS) is 9.94. The molecule has 0 radical (unpaired) electrons. The summed E-state index contributed by atoms with van der Waals surface area (Å²) in [5.74, 6) is -0.534. The predicted octanol–water partition coefficient (Wildman–Crippen LogP) is 4.16. The minimum atomic E-state index is -0.711. The zero-order chi connectivity index (χ0) is 13.7. The number of carboxylic acids is 1. The van der Waals surface area contributed by atoms with E-state index < -0.39 is 5.97 Å². The number of hydrogen-bond acceptors (Lipinski definition) is 2. The molecule has 2 aromatic rings. The van der Waals surface area contributed by atoms with Gasteiger partial charge in [0, 0.05) is 17.1 Å². The van der Waals surface area contributed by atoms with Gasteiger partial charge in [0.1, 0.15) is 5.75 Å². The third kappa shape index (κ3) is 3.65. The molecule has 0 amide bonds. The van der Waals surface area contributed by atoms with E-state index in [1.807, 2.05) is 19.1 Å². The molecule has 1 aromatic heterocycles. The molecule has 0 aliphatic rings. The maximum absolute atomic E-state index is 9.60. The van der Waals surface area contributed by atoms with Gasteiger partial charge in [-0.1, -0.05) is 18.5 Å². The monoisotopic (exact) mass is 333 g/mol. The fourth-order valence-electron chi connectivity index (χ4n) is 1.35. The SMILES string of the molecule is CCCC(=O)O.Oc1c[nH]c2ccc(Br)c(Cl)c12. The first-order valence-electron chi connectivity index (χ1n) is 5.33. The number of carbonyl (C=O) groups is 1. The Bertz CT molecular complexity index is 553. The van der Waals surface area contributed by atoms with Crippen LogP contribution in [0.1, 0.15) is 19.8 Å². The lowest BCUT2D eigenvalue weighted by molar-refractivity contribution is -0.137. The lowest BCUT2D eigenvalue weighted by Crippen LogP contribution is -1.90. The molecule has 0 bridgehead atoms. The van der Waals surface area contributed by atoms with Crippen molar-refractivity contribution >= 4 is 44.4 Å². The number of benzene rings is 1. The summed E-state index contributed by atoms with van der Waals surface area (Å²) < 4.78 is 0.784. The number of aromatic hydroxyl groups is 1. The summed E-state index contributed by atoms with van der Waals surface area (Å²) in [7, 11) is 0. The maximum atomic E-state index is 9.60. The van der Waals surface area contributed by atoms with Crippen molar-refractivity contribution in [2.75, 3.05) is 0 Å². The highest BCUT2D eigenvalue weighted by molar-refractivity contribution is 9.10. The number of carboxylic acid groups (broad SMARTS) is 1. The van der Waals surface area contributed by atoms with Gasteiger partial charge >= 0.3 is 5.97 Å². The van der Waals surface area contributed by atoms with Crippen LogP contribution in [-0.4, -0.2) is 21.2 Å². The number of hydrogen-bond donors (Lipinski definition) is 3. The van der Waals surface area contributed by atoms with Crippen LogP contribution in [0.3, 0.4) is 0 Å². The van der Waals surface area contributed by atoms with E-state index in [1.165, 1.54) is 6.20 Å². The number of aliphatic carboxylic acids is 1. The molecule has 3 N–H and O–H groups in total. The summed E-state index contributed by atoms with van der Waals surface area (Å²) >= 11 is 9.22. The van der Waals surface area contributed by atoms with Crippen molar-refractivity contribution in [3.63, 3.8) is 0 Å². The van der Waals surface area contributed by atoms with Gasteiger partial charge in [-0.15, -0.1) is 0 Å². The number of aromatic amines is 1. The highest BCUT2D eigenvalue weighted by Crippen LogP contribution is 2.35. The van der Waals surface area contributed by atoms with Crippen LogP contribution in [0.5, 0.6) is 5.75 Å². The van der Waals surface area contributed by atoms with Crippen LogP contribution in [0, 0.1) is 0 Å². The zero-order valence-electron chi connectivity index (χ0n) is 9.70. The molecule has 0 saturated carbocycles. The van der Waals surface area contributed by atoms with E-state index in [1.54, 1.807) is 0 Å². The lowest BCUT2D eigenvalue weighted by Gasteiger charge is -1.97. The second-order valence-corrected chi connectivity index (χ2v) is 4.83. The van der Waals surface area contributed by atoms with Gasteiger partial charge in [-0.2, -0.15) is 0 Å². The molecule has 6 heteroatoms. The van der Waals surface area contributed by atoms with Gasteiger partial charge in [0.15, 0.2) is 0 Å². The molecular weight excluding hydrogens is 321 g/mol. The van der Waals surface area contributed by atoms with Gasteiger partial charge in [0.2, 0.25) is 0 Å². The Morgan fingerprint density at radius 1 is 1.50 bits per heavy atom. The Hall–Kier alpha value is -1.20. The fourth-order valence-corrected chi connectivity index (χ4v) is 1.95. The third-order valence-corrected chi connectivity index (χ3v) is 3.46. The standard InChI is InChI=1S/C8H5BrClNO.C4H8O2/c9-4-1-2-5-7(8(4)10)6(12)3-11-5;1-2-3-4(5)6/h1-3,11-12H;2-3H2,1H3,(H,5,6). The number of aromatic nitrogens is 1. The lowest BCUT2D eigenvalue weighted by atomic mass is 10.2. The Labute approximate surface area is 118 Å². The van der Waals surface area contributed by atoms with E-state index in [0.717, 1.165) is 16.4 Å². The molecule has 1 heterocycles. The van der Waals surface area contributed by atoms with Crippen molar-refractivity contribution in [2.45, 2.75) is 19.8 Å². The van der Waals surface area contributed by atoms with Gasteiger partial charge in [0.25, 0.3) is 0 Å². The Balaban J connectivity index is 0.000000232. The number of fused-ring (bicyclic) bond motifs is 1. The molecule has 98 valence electrons. The summed E-state index contributed by atoms with van der Waals surface area (Å²) in [5, 5.41) is 18.5. The first-order valence-corrected chi connectivity index (χ1v) is 6.50. The van der Waals surface area contributed by atoms with Gasteiger partial charge in [-0.25, -0.2) is 0 Å². The number of rotatable bonds is 2. The molecule has 4 nitrogen and oxygen atoms in total. The van der Waals surface area contributed by atoms with Crippen molar-refractivity contribution in [3.05, 3.63) is 27.8 Å². The first kappa shape index (κ1) is 14.9. The van der Waals surface area contributed by atoms with E-state index >= 15 is 0 Å². The highest BCUT2D eigenvalue weighted by Gasteiger charge is 2.08. The van der Waals surface area contributed by atoms with E-state index in [0.29, 0.717) is 16.8 Å². The fraction of sp³-hybridized carbons (Fsp3) is 0.250. The minimum Gasteiger partial charge on any atom is -0.506 e. The van der Waals surface area contributed by atoms with Crippen LogP contribution < -0.4 is 0 Å². The second-order valence-electron chi connectivity index (χ2n) is 3.60. The Kier molecular flexibility index (Phi) is 5.50. The van der Waals surface area contributed by atoms with Gasteiger partial charge in [0.05, 0.1) is 15.9 Å². The smallest absolute Gasteiger partial charge is 0.303 e. The molecule has 0 fully saturated rings. The number of nitrogens with one attached hydrogen (secondary N) is 1. The van der Waals surface area contributed by atoms with Crippen molar-refractivity contribution in [3.8, 4) is 5.75 Å². The average Bonchev–Trinajstić information content (AvgIpc) is 2.67. The summed E-state index contributed by atoms with van der Waals surface area (Å²) in [6, 6.07) is 3.69. The maximum Gasteiger partial charge on any atom is 0.303 e. The van der Waals surface area contributed by atoms with Crippen LogP contribution in [0.2, 0.25) is 5.02 Å². The molecule has 18 heavy (non-hydrogen) atoms. The average molecular weight is 335 g/mol. The molecule has 2 rings (SSSR count). The molecular formula is C12H13BrClNO3. The molecule has 1 aromatic carbocycles. The van der Waals surface area contributed by atoms with E-state index in [9.17, 15) is 9.90 Å². The molecule has 0 spiro atoms. The van der Waals surface area contributed by atoms with Crippen molar-refractivity contribution in [2.24, 2.45) is 0 Å². The van der Waals surface area contributed by atoms with E-state index in [4.69, 9.17) is 16.7 Å². The number of H-pyrrole nitrogens is 1. The third-order valence-electron chi connectivity index (χ3n) is 2.18. The van der Waals surface area contributed by atoms with Crippen LogP contribution in [0.15, 0.2) is 22.8 Å². The van der Waals surface area contributed by atoms with Gasteiger partial charge in [-0.05, 0) is 34.5 Å². The molecule has 0 aliphatic carbocycles.